The largest absolute Gasteiger partial charge is 0.461 e. The number of fused-ring (bicyclic) bond motifs is 3. The maximum absolute atomic E-state index is 13.6. The highest BCUT2D eigenvalue weighted by Gasteiger charge is 2.24. The van der Waals surface area contributed by atoms with Crippen molar-refractivity contribution in [2.45, 2.75) is 87.4 Å². The lowest BCUT2D eigenvalue weighted by Gasteiger charge is -2.21. The van der Waals surface area contributed by atoms with Gasteiger partial charge in [-0.15, -0.1) is 0 Å². The molecular formula is C59H63BrF3N15O5. The number of hydrogen-bond acceptors (Lipinski definition) is 17. The van der Waals surface area contributed by atoms with Crippen molar-refractivity contribution >= 4 is 57.0 Å². The van der Waals surface area contributed by atoms with Crippen LogP contribution in [0.5, 0.6) is 0 Å². The van der Waals surface area contributed by atoms with Crippen molar-refractivity contribution in [3.05, 3.63) is 196 Å². The third kappa shape index (κ3) is 15.5. The van der Waals surface area contributed by atoms with Crippen LogP contribution in [-0.2, 0) is 6.42 Å². The molecule has 9 aromatic heterocycles. The van der Waals surface area contributed by atoms with Crippen LogP contribution in [0.25, 0.3) is 51.7 Å². The van der Waals surface area contributed by atoms with E-state index >= 15 is 0 Å². The maximum atomic E-state index is 13.6. The van der Waals surface area contributed by atoms with E-state index in [2.05, 4.69) is 92.5 Å². The van der Waals surface area contributed by atoms with Gasteiger partial charge in [0.25, 0.3) is 0 Å². The maximum Gasteiger partial charge on any atom is 0.227 e. The number of carbonyl (C=O) groups is 1. The first-order chi connectivity index (χ1) is 38.3. The quantitative estimate of drug-likeness (QED) is 0.0928. The summed E-state index contributed by atoms with van der Waals surface area (Å²) in [7, 11) is 0. The van der Waals surface area contributed by atoms with E-state index in [1.54, 1.807) is 88.7 Å². The molecular weight excluding hydrogens is 1140 g/mol. The Morgan fingerprint density at radius 2 is 1.07 bits per heavy atom. The van der Waals surface area contributed by atoms with Gasteiger partial charge in [0.05, 0.1) is 47.4 Å². The molecule has 1 unspecified atom stereocenters. The van der Waals surface area contributed by atoms with E-state index in [9.17, 15) is 23.1 Å². The van der Waals surface area contributed by atoms with Crippen molar-refractivity contribution in [2.75, 3.05) is 16.4 Å². The number of anilines is 3. The van der Waals surface area contributed by atoms with Gasteiger partial charge in [-0.2, -0.15) is 58.7 Å². The molecule has 0 fully saturated rings. The molecule has 24 heteroatoms. The molecule has 0 saturated carbocycles. The van der Waals surface area contributed by atoms with Gasteiger partial charge in [0.1, 0.15) is 29.8 Å². The molecule has 9 heterocycles. The Hall–Kier alpha value is -9.55. The number of nitrogen functional groups attached to an aromatic ring is 1. The topological polar surface area (TPSA) is 256 Å². The summed E-state index contributed by atoms with van der Waals surface area (Å²) < 4.78 is 61.0. The van der Waals surface area contributed by atoms with Crippen LogP contribution in [0.15, 0.2) is 164 Å². The zero-order chi connectivity index (χ0) is 56.7. The fraction of sp³-hybridized carbons (Fsp3) is 0.220. The Kier molecular flexibility index (Phi) is 20.2. The van der Waals surface area contributed by atoms with Crippen LogP contribution < -0.4 is 16.4 Å². The number of nitrogens with zero attached hydrogens (tertiary/aromatic N) is 12. The van der Waals surface area contributed by atoms with Gasteiger partial charge >= 0.3 is 0 Å². The molecule has 0 aliphatic carbocycles. The lowest BCUT2D eigenvalue weighted by Crippen LogP contribution is -2.27. The molecule has 3 aromatic carbocycles. The average Bonchev–Trinajstić information content (AvgIpc) is 3.13. The number of aromatic nitrogens is 12. The second kappa shape index (κ2) is 26.8. The van der Waals surface area contributed by atoms with Crippen LogP contribution in [0.1, 0.15) is 103 Å². The Balaban J connectivity index is 0.000000185. The van der Waals surface area contributed by atoms with Crippen molar-refractivity contribution in [2.24, 2.45) is 0 Å². The van der Waals surface area contributed by atoms with Gasteiger partial charge in [-0.3, -0.25) is 4.79 Å². The number of rotatable bonds is 10. The predicted octanol–water partition coefficient (Wildman–Crippen LogP) is 13.4. The van der Waals surface area contributed by atoms with Crippen LogP contribution in [0.3, 0.4) is 0 Å². The number of nitrogens with one attached hydrogen (secondary N) is 2. The van der Waals surface area contributed by atoms with Crippen molar-refractivity contribution in [3.63, 3.8) is 0 Å². The van der Waals surface area contributed by atoms with Gasteiger partial charge in [-0.05, 0) is 141 Å². The Morgan fingerprint density at radius 3 is 1.58 bits per heavy atom. The first kappa shape index (κ1) is 62.6. The highest BCUT2D eigenvalue weighted by molar-refractivity contribution is 9.10. The van der Waals surface area contributed by atoms with E-state index in [0.29, 0.717) is 93.0 Å². The highest BCUT2D eigenvalue weighted by atomic mass is 79.9. The third-order valence-electron chi connectivity index (χ3n) is 11.1. The van der Waals surface area contributed by atoms with Gasteiger partial charge in [0.2, 0.25) is 35.3 Å². The molecule has 432 valence electrons. The monoisotopic (exact) mass is 1200 g/mol. The number of nitrogens with two attached hydrogens (primary N) is 1. The summed E-state index contributed by atoms with van der Waals surface area (Å²) in [5, 5.41) is 30.2. The summed E-state index contributed by atoms with van der Waals surface area (Å²) in [6.07, 6.45) is 9.61. The van der Waals surface area contributed by atoms with Crippen molar-refractivity contribution < 1.29 is 36.3 Å². The van der Waals surface area contributed by atoms with Crippen LogP contribution in [0.4, 0.5) is 31.0 Å². The zero-order valence-corrected chi connectivity index (χ0v) is 45.3. The third-order valence-corrected chi connectivity index (χ3v) is 11.7. The normalized spacial score (nSPS) is 11.4. The molecule has 0 saturated heterocycles. The Labute approximate surface area is 484 Å². The number of benzene rings is 3. The lowest BCUT2D eigenvalue weighted by atomic mass is 10.0. The first-order valence-electron chi connectivity index (χ1n) is 24.5. The van der Waals surface area contributed by atoms with Gasteiger partial charge < -0.3 is 34.7 Å². The van der Waals surface area contributed by atoms with E-state index in [1.165, 1.54) is 53.2 Å². The fourth-order valence-electron chi connectivity index (χ4n) is 7.78. The smallest absolute Gasteiger partial charge is 0.227 e. The highest BCUT2D eigenvalue weighted by Crippen LogP contribution is 2.30. The summed E-state index contributed by atoms with van der Waals surface area (Å²) in [5.41, 5.74) is 9.97. The summed E-state index contributed by atoms with van der Waals surface area (Å²) >= 11 is 3.45. The Morgan fingerprint density at radius 1 is 0.590 bits per heavy atom. The first-order valence-corrected chi connectivity index (χ1v) is 25.3. The molecule has 20 nitrogen and oxygen atoms in total. The van der Waals surface area contributed by atoms with E-state index in [1.807, 2.05) is 39.0 Å². The minimum Gasteiger partial charge on any atom is -0.461 e. The summed E-state index contributed by atoms with van der Waals surface area (Å²) in [4.78, 5) is 36.5. The molecule has 12 aromatic rings. The van der Waals surface area contributed by atoms with Gasteiger partial charge in [0, 0.05) is 28.6 Å². The summed E-state index contributed by atoms with van der Waals surface area (Å²) in [6.45, 7) is 12.1. The lowest BCUT2D eigenvalue weighted by molar-refractivity contribution is 0.112. The number of hydrogen-bond donors (Lipinski definition) is 4. The number of furan rings is 3. The second-order valence-corrected chi connectivity index (χ2v) is 20.6. The van der Waals surface area contributed by atoms with Crippen LogP contribution in [0, 0.1) is 17.5 Å². The molecule has 0 amide bonds. The Bertz CT molecular complexity index is 4040. The predicted molar refractivity (Wildman–Crippen MR) is 316 cm³/mol. The van der Waals surface area contributed by atoms with Crippen molar-refractivity contribution in [1.82, 2.24) is 58.7 Å². The summed E-state index contributed by atoms with van der Waals surface area (Å²) in [5.74, 6) is 3.20. The van der Waals surface area contributed by atoms with E-state index in [4.69, 9.17) is 19.0 Å². The molecule has 0 aliphatic heterocycles. The standard InChI is InChI=1S/C20H20FN5O2.C16H12FN5O.C13H14BrN5O.C7H5FO.3CH4/c1-20(2,3)25-19-23-17-14(16(27)12-6-4-7-13(21)10-12)11-22-26(17)18(24-19)15-8-5-9-28-15;17-12-4-1-3-10(8-12)7-11-9-19-22-14(11)20-16(18)21-15(22)13-5-2-6-23-13;1-13(2,3)18-12-16-10-8(14)7-15-19(10)11(17-12)9-5-4-6-20-9;8-7-3-1-2-6(4-7)5-9;;;/h4-11,16,27H,1-3H3,(H,23,25);1-6,8-9H,7H2,(H2,18,20);4-7H,1-3H3,(H,16,18);1-5H;3*1H4. The molecule has 0 bridgehead atoms. The minimum absolute atomic E-state index is 0. The van der Waals surface area contributed by atoms with E-state index in [-0.39, 0.29) is 50.9 Å². The summed E-state index contributed by atoms with van der Waals surface area (Å²) in [6, 6.07) is 28.5. The molecule has 1 atom stereocenters. The van der Waals surface area contributed by atoms with E-state index < -0.39 is 11.9 Å². The SMILES string of the molecule is C.C.C.CC(C)(C)Nc1nc(-c2ccco2)n2ncc(Br)c2n1.CC(C)(C)Nc1nc(-c2ccco2)n2ncc(C(O)c3cccc(F)c3)c2n1.Nc1nc(-c2ccco2)n2ncc(Cc3cccc(F)c3)c2n1.O=Cc1cccc(F)c1. The van der Waals surface area contributed by atoms with Crippen LogP contribution >= 0.6 is 15.9 Å². The molecule has 0 spiro atoms. The van der Waals surface area contributed by atoms with Crippen molar-refractivity contribution in [3.8, 4) is 34.8 Å². The average molecular weight is 1200 g/mol. The minimum atomic E-state index is -1.09. The zero-order valence-electron chi connectivity index (χ0n) is 43.8. The van der Waals surface area contributed by atoms with Gasteiger partial charge in [0.15, 0.2) is 34.2 Å². The fourth-order valence-corrected chi connectivity index (χ4v) is 8.13. The van der Waals surface area contributed by atoms with Gasteiger partial charge in [-0.25, -0.2) is 13.2 Å². The van der Waals surface area contributed by atoms with Crippen LogP contribution in [0.2, 0.25) is 0 Å². The molecule has 0 aliphatic rings. The molecule has 83 heavy (non-hydrogen) atoms. The number of aliphatic hydroxyl groups excluding tert-OH is 1. The molecule has 0 radical (unpaired) electrons. The van der Waals surface area contributed by atoms with E-state index in [0.717, 1.165) is 15.6 Å². The number of carbonyl (C=O) groups excluding carboxylic acids is 1. The molecule has 5 N–H and O–H groups in total. The van der Waals surface area contributed by atoms with Crippen LogP contribution in [-0.4, -0.2) is 81.2 Å². The van der Waals surface area contributed by atoms with Gasteiger partial charge in [-0.1, -0.05) is 58.7 Å². The number of aliphatic hydroxyl groups is 1. The second-order valence-electron chi connectivity index (χ2n) is 19.7. The number of aldehydes is 1. The molecule has 12 rings (SSSR count). The van der Waals surface area contributed by atoms with Crippen molar-refractivity contribution in [1.29, 1.82) is 0 Å². The number of halogens is 4.